The Morgan fingerprint density at radius 2 is 1.91 bits per heavy atom. The number of carbonyl (C=O) groups excluding carboxylic acids is 1. The van der Waals surface area contributed by atoms with Gasteiger partial charge in [0.1, 0.15) is 5.82 Å². The molecule has 2 heterocycles. The van der Waals surface area contributed by atoms with Crippen LogP contribution in [0, 0.1) is 11.7 Å². The minimum atomic E-state index is -1.12. The van der Waals surface area contributed by atoms with Crippen molar-refractivity contribution < 1.29 is 33.7 Å². The van der Waals surface area contributed by atoms with E-state index in [1.807, 2.05) is 0 Å². The fourth-order valence-corrected chi connectivity index (χ4v) is 4.82. The number of rotatable bonds is 7. The van der Waals surface area contributed by atoms with Crippen LogP contribution in [-0.4, -0.2) is 47.3 Å². The lowest BCUT2D eigenvalue weighted by Gasteiger charge is -2.32. The van der Waals surface area contributed by atoms with Crippen molar-refractivity contribution in [2.24, 2.45) is 5.92 Å². The molecular formula is C24H25ClFNO6. The van der Waals surface area contributed by atoms with Crippen molar-refractivity contribution >= 4 is 23.5 Å². The molecule has 0 radical (unpaired) electrons. The largest absolute Gasteiger partial charge is 0.481 e. The smallest absolute Gasteiger partial charge is 0.305 e. The number of benzene rings is 2. The molecule has 2 aliphatic rings. The van der Waals surface area contributed by atoms with E-state index in [2.05, 4.69) is 0 Å². The van der Waals surface area contributed by atoms with Gasteiger partial charge < -0.3 is 24.6 Å². The van der Waals surface area contributed by atoms with Gasteiger partial charge in [-0.15, -0.1) is 0 Å². The van der Waals surface area contributed by atoms with Crippen LogP contribution >= 0.6 is 11.6 Å². The second-order valence-corrected chi connectivity index (χ2v) is 8.76. The molecule has 2 aliphatic heterocycles. The van der Waals surface area contributed by atoms with E-state index < -0.39 is 42.5 Å². The molecule has 9 heteroatoms. The molecule has 176 valence electrons. The van der Waals surface area contributed by atoms with Crippen molar-refractivity contribution in [3.8, 4) is 0 Å². The van der Waals surface area contributed by atoms with E-state index in [4.69, 9.17) is 21.1 Å². The SMILES string of the molecule is COC1c2c(F)cc(C(O)C3CCOCC3)cc2C(=O)N1[C@@H](CC(=O)O)c1ccc(Cl)cc1. The number of fused-ring (bicyclic) bond motifs is 1. The summed E-state index contributed by atoms with van der Waals surface area (Å²) in [7, 11) is 1.34. The zero-order chi connectivity index (χ0) is 23.7. The van der Waals surface area contributed by atoms with Gasteiger partial charge in [-0.05, 0) is 54.2 Å². The van der Waals surface area contributed by atoms with Gasteiger partial charge in [-0.25, -0.2) is 4.39 Å². The van der Waals surface area contributed by atoms with Crippen LogP contribution < -0.4 is 0 Å². The first-order chi connectivity index (χ1) is 15.8. The molecule has 0 spiro atoms. The van der Waals surface area contributed by atoms with Gasteiger partial charge in [-0.1, -0.05) is 23.7 Å². The van der Waals surface area contributed by atoms with Crippen LogP contribution in [-0.2, 0) is 14.3 Å². The quantitative estimate of drug-likeness (QED) is 0.618. The third-order valence-corrected chi connectivity index (χ3v) is 6.60. The summed E-state index contributed by atoms with van der Waals surface area (Å²) in [5, 5.41) is 20.8. The van der Waals surface area contributed by atoms with Crippen molar-refractivity contribution in [3.05, 3.63) is 69.5 Å². The fraction of sp³-hybridized carbons (Fsp3) is 0.417. The number of aliphatic hydroxyl groups excluding tert-OH is 1. The zero-order valence-corrected chi connectivity index (χ0v) is 18.8. The average molecular weight is 478 g/mol. The van der Waals surface area contributed by atoms with Gasteiger partial charge in [0.15, 0.2) is 6.23 Å². The highest BCUT2D eigenvalue weighted by Gasteiger charge is 2.44. The first-order valence-electron chi connectivity index (χ1n) is 10.7. The summed E-state index contributed by atoms with van der Waals surface area (Å²) < 4.78 is 26.1. The van der Waals surface area contributed by atoms with Gasteiger partial charge in [0.2, 0.25) is 0 Å². The highest BCUT2D eigenvalue weighted by molar-refractivity contribution is 6.30. The summed E-state index contributed by atoms with van der Waals surface area (Å²) in [6.07, 6.45) is -1.18. The summed E-state index contributed by atoms with van der Waals surface area (Å²) in [5.74, 6) is -2.46. The Labute approximate surface area is 195 Å². The van der Waals surface area contributed by atoms with Crippen LogP contribution in [0.2, 0.25) is 5.02 Å². The molecule has 33 heavy (non-hydrogen) atoms. The van der Waals surface area contributed by atoms with Crippen LogP contribution in [0.3, 0.4) is 0 Å². The van der Waals surface area contributed by atoms with Gasteiger partial charge in [-0.3, -0.25) is 9.59 Å². The molecule has 3 atom stereocenters. The molecule has 2 N–H and O–H groups in total. The van der Waals surface area contributed by atoms with E-state index in [-0.39, 0.29) is 17.0 Å². The first-order valence-corrected chi connectivity index (χ1v) is 11.1. The maximum absolute atomic E-state index is 15.3. The van der Waals surface area contributed by atoms with E-state index in [0.29, 0.717) is 42.2 Å². The molecule has 2 aromatic carbocycles. The lowest BCUT2D eigenvalue weighted by Crippen LogP contribution is -2.34. The van der Waals surface area contributed by atoms with Crippen LogP contribution in [0.5, 0.6) is 0 Å². The van der Waals surface area contributed by atoms with Gasteiger partial charge >= 0.3 is 5.97 Å². The summed E-state index contributed by atoms with van der Waals surface area (Å²) >= 11 is 5.97. The third kappa shape index (κ3) is 4.61. The molecule has 0 aliphatic carbocycles. The van der Waals surface area contributed by atoms with Crippen molar-refractivity contribution in [2.45, 2.75) is 37.6 Å². The lowest BCUT2D eigenvalue weighted by molar-refractivity contribution is -0.139. The Bertz CT molecular complexity index is 1040. The Hall–Kier alpha value is -2.52. The number of carbonyl (C=O) groups is 2. The Morgan fingerprint density at radius 1 is 1.24 bits per heavy atom. The molecule has 2 unspecified atom stereocenters. The summed E-state index contributed by atoms with van der Waals surface area (Å²) in [6, 6.07) is 8.29. The maximum Gasteiger partial charge on any atom is 0.305 e. The van der Waals surface area contributed by atoms with Crippen molar-refractivity contribution in [1.82, 2.24) is 4.90 Å². The van der Waals surface area contributed by atoms with Crippen LogP contribution in [0.15, 0.2) is 36.4 Å². The van der Waals surface area contributed by atoms with Crippen molar-refractivity contribution in [1.29, 1.82) is 0 Å². The lowest BCUT2D eigenvalue weighted by atomic mass is 9.88. The van der Waals surface area contributed by atoms with Crippen molar-refractivity contribution in [2.75, 3.05) is 20.3 Å². The number of aliphatic carboxylic acids is 1. The number of carboxylic acid groups (broad SMARTS) is 1. The van der Waals surface area contributed by atoms with Gasteiger partial charge in [0.25, 0.3) is 5.91 Å². The first kappa shape index (κ1) is 23.6. The van der Waals surface area contributed by atoms with E-state index in [9.17, 15) is 19.8 Å². The highest BCUT2D eigenvalue weighted by atomic mass is 35.5. The minimum absolute atomic E-state index is 0.0368. The number of hydrogen-bond donors (Lipinski definition) is 2. The molecule has 1 amide bonds. The molecule has 4 rings (SSSR count). The molecule has 2 aromatic rings. The maximum atomic E-state index is 15.3. The fourth-order valence-electron chi connectivity index (χ4n) is 4.69. The molecule has 1 saturated heterocycles. The summed E-state index contributed by atoms with van der Waals surface area (Å²) in [6.45, 7) is 1.04. The van der Waals surface area contributed by atoms with E-state index >= 15 is 4.39 Å². The Morgan fingerprint density at radius 3 is 2.52 bits per heavy atom. The highest BCUT2D eigenvalue weighted by Crippen LogP contribution is 2.44. The predicted octanol–water partition coefficient (Wildman–Crippen LogP) is 4.26. The van der Waals surface area contributed by atoms with Gasteiger partial charge in [0.05, 0.1) is 24.1 Å². The second kappa shape index (κ2) is 9.77. The molecular weight excluding hydrogens is 453 g/mol. The zero-order valence-electron chi connectivity index (χ0n) is 18.0. The standard InChI is InChI=1S/C24H25ClFNO6/c1-32-24-21-17(10-15(11-18(21)26)22(30)14-6-8-33-9-7-14)23(31)27(24)19(12-20(28)29)13-2-4-16(25)5-3-13/h2-5,10-11,14,19,22,24,30H,6-9,12H2,1H3,(H,28,29)/t19-,22?,24?/m0/s1. The number of carboxylic acids is 1. The molecule has 0 saturated carbocycles. The van der Waals surface area contributed by atoms with Crippen molar-refractivity contribution in [3.63, 3.8) is 0 Å². The van der Waals surface area contributed by atoms with Gasteiger partial charge in [-0.2, -0.15) is 0 Å². The van der Waals surface area contributed by atoms with Crippen LogP contribution in [0.4, 0.5) is 4.39 Å². The number of nitrogens with zero attached hydrogens (tertiary/aromatic N) is 1. The average Bonchev–Trinajstić information content (AvgIpc) is 3.10. The second-order valence-electron chi connectivity index (χ2n) is 8.32. The summed E-state index contributed by atoms with van der Waals surface area (Å²) in [5.41, 5.74) is 0.944. The monoisotopic (exact) mass is 477 g/mol. The number of amides is 1. The molecule has 1 fully saturated rings. The molecule has 7 nitrogen and oxygen atoms in total. The van der Waals surface area contributed by atoms with Crippen LogP contribution in [0.25, 0.3) is 0 Å². The number of methoxy groups -OCH3 is 1. The number of halogens is 2. The molecule has 0 aromatic heterocycles. The normalized spacial score (nSPS) is 20.5. The third-order valence-electron chi connectivity index (χ3n) is 6.35. The van der Waals surface area contributed by atoms with Gasteiger partial charge in [0, 0.05) is 30.9 Å². The Balaban J connectivity index is 1.73. The minimum Gasteiger partial charge on any atom is -0.481 e. The summed E-state index contributed by atoms with van der Waals surface area (Å²) in [4.78, 5) is 26.4. The predicted molar refractivity (Wildman–Crippen MR) is 117 cm³/mol. The topological polar surface area (TPSA) is 96.3 Å². The van der Waals surface area contributed by atoms with E-state index in [0.717, 1.165) is 0 Å². The van der Waals surface area contributed by atoms with E-state index in [1.54, 1.807) is 24.3 Å². The van der Waals surface area contributed by atoms with Crippen LogP contribution in [0.1, 0.15) is 64.7 Å². The van der Waals surface area contributed by atoms with E-state index in [1.165, 1.54) is 24.1 Å². The molecule has 0 bridgehead atoms. The number of hydrogen-bond acceptors (Lipinski definition) is 5. The number of aliphatic hydroxyl groups is 1. The number of ether oxygens (including phenoxy) is 2. The Kier molecular flexibility index (Phi) is 6.99.